The Morgan fingerprint density at radius 3 is 1.09 bits per heavy atom. The lowest BCUT2D eigenvalue weighted by molar-refractivity contribution is -0.119. The number of ketones is 1. The minimum absolute atomic E-state index is 0.0597. The van der Waals surface area contributed by atoms with Gasteiger partial charge in [-0.2, -0.15) is 0 Å². The number of aliphatic hydroxyl groups excluding tert-OH is 1. The Balaban J connectivity index is 3.07. The van der Waals surface area contributed by atoms with Crippen molar-refractivity contribution in [3.63, 3.8) is 0 Å². The summed E-state index contributed by atoms with van der Waals surface area (Å²) in [5.74, 6) is 0.486. The van der Waals surface area contributed by atoms with Crippen molar-refractivity contribution in [1.29, 1.82) is 0 Å². The number of hydrogen-bond acceptors (Lipinski definition) is 2. The predicted octanol–water partition coefficient (Wildman–Crippen LogP) is 10.9. The summed E-state index contributed by atoms with van der Waals surface area (Å²) in [4.78, 5) is 11.6. The molecule has 0 aliphatic heterocycles. The van der Waals surface area contributed by atoms with Crippen LogP contribution in [0.3, 0.4) is 0 Å². The molecule has 0 bridgehead atoms. The molecular weight excluding hydrogens is 416 g/mol. The standard InChI is InChI=1S/C32H64O2/c1-3-5-28-32(34)30-27-25-23-21-19-17-15-13-11-9-7-6-8-10-12-14-16-18-20-22-24-26-29-31(33)4-2/h31,33H,3-30H2,1-2H3/t31-/m1/s1. The highest BCUT2D eigenvalue weighted by Gasteiger charge is 2.01. The maximum Gasteiger partial charge on any atom is 0.132 e. The Bertz CT molecular complexity index is 392. The highest BCUT2D eigenvalue weighted by atomic mass is 16.3. The lowest BCUT2D eigenvalue weighted by atomic mass is 10.0. The first-order valence-electron chi connectivity index (χ1n) is 15.9. The van der Waals surface area contributed by atoms with Gasteiger partial charge in [0.15, 0.2) is 0 Å². The molecule has 2 nitrogen and oxygen atoms in total. The summed E-state index contributed by atoms with van der Waals surface area (Å²) in [6.07, 6.45) is 36.1. The fourth-order valence-electron chi connectivity index (χ4n) is 4.94. The molecule has 0 saturated heterocycles. The smallest absolute Gasteiger partial charge is 0.132 e. The van der Waals surface area contributed by atoms with E-state index < -0.39 is 0 Å². The quantitative estimate of drug-likeness (QED) is 0.108. The van der Waals surface area contributed by atoms with Crippen LogP contribution >= 0.6 is 0 Å². The van der Waals surface area contributed by atoms with Crippen LogP contribution in [0.25, 0.3) is 0 Å². The molecule has 0 spiro atoms. The maximum atomic E-state index is 11.6. The van der Waals surface area contributed by atoms with Gasteiger partial charge in [0.05, 0.1) is 6.10 Å². The molecule has 34 heavy (non-hydrogen) atoms. The van der Waals surface area contributed by atoms with Crippen LogP contribution in [0, 0.1) is 0 Å². The van der Waals surface area contributed by atoms with Crippen LogP contribution in [-0.4, -0.2) is 17.0 Å². The van der Waals surface area contributed by atoms with Gasteiger partial charge in [-0.1, -0.05) is 155 Å². The van der Waals surface area contributed by atoms with Gasteiger partial charge in [0, 0.05) is 12.8 Å². The molecule has 0 aliphatic rings. The Labute approximate surface area is 215 Å². The summed E-state index contributed by atoms with van der Waals surface area (Å²) in [6.45, 7) is 4.23. The third kappa shape index (κ3) is 27.9. The van der Waals surface area contributed by atoms with E-state index in [-0.39, 0.29) is 6.10 Å². The molecule has 0 aliphatic carbocycles. The minimum Gasteiger partial charge on any atom is -0.393 e. The number of rotatable bonds is 29. The second-order valence-corrected chi connectivity index (χ2v) is 11.0. The Kier molecular flexibility index (Phi) is 28.6. The number of unbranched alkanes of at least 4 members (excludes halogenated alkanes) is 22. The largest absolute Gasteiger partial charge is 0.393 e. The topological polar surface area (TPSA) is 37.3 Å². The van der Waals surface area contributed by atoms with Gasteiger partial charge in [-0.05, 0) is 25.7 Å². The summed E-state index contributed by atoms with van der Waals surface area (Å²) in [5.41, 5.74) is 0. The van der Waals surface area contributed by atoms with E-state index in [9.17, 15) is 9.90 Å². The molecule has 0 amide bonds. The van der Waals surface area contributed by atoms with E-state index in [1.165, 1.54) is 135 Å². The Hall–Kier alpha value is -0.370. The van der Waals surface area contributed by atoms with E-state index in [0.29, 0.717) is 5.78 Å². The molecule has 204 valence electrons. The molecule has 0 fully saturated rings. The van der Waals surface area contributed by atoms with Gasteiger partial charge in [-0.3, -0.25) is 4.79 Å². The Morgan fingerprint density at radius 2 is 0.765 bits per heavy atom. The molecular formula is C32H64O2. The van der Waals surface area contributed by atoms with Gasteiger partial charge < -0.3 is 5.11 Å². The average molecular weight is 481 g/mol. The first kappa shape index (κ1) is 33.6. The summed E-state index contributed by atoms with van der Waals surface area (Å²) >= 11 is 0. The van der Waals surface area contributed by atoms with Gasteiger partial charge in [0.1, 0.15) is 5.78 Å². The van der Waals surface area contributed by atoms with E-state index in [1.54, 1.807) is 0 Å². The summed E-state index contributed by atoms with van der Waals surface area (Å²) in [5, 5.41) is 9.55. The molecule has 0 aromatic carbocycles. The first-order chi connectivity index (χ1) is 16.7. The normalized spacial score (nSPS) is 12.3. The van der Waals surface area contributed by atoms with Crippen molar-refractivity contribution in [3.8, 4) is 0 Å². The fraction of sp³-hybridized carbons (Fsp3) is 0.969. The number of carbonyl (C=O) groups is 1. The number of carbonyl (C=O) groups excluding carboxylic acids is 1. The van der Waals surface area contributed by atoms with Crippen molar-refractivity contribution in [2.24, 2.45) is 0 Å². The van der Waals surface area contributed by atoms with Crippen molar-refractivity contribution in [2.75, 3.05) is 0 Å². The molecule has 0 radical (unpaired) electrons. The van der Waals surface area contributed by atoms with Gasteiger partial charge >= 0.3 is 0 Å². The molecule has 0 rings (SSSR count). The average Bonchev–Trinajstić information content (AvgIpc) is 2.85. The molecule has 0 aromatic heterocycles. The molecule has 0 aromatic rings. The molecule has 2 heteroatoms. The van der Waals surface area contributed by atoms with E-state index in [1.807, 2.05) is 0 Å². The monoisotopic (exact) mass is 480 g/mol. The minimum atomic E-state index is -0.0597. The molecule has 0 heterocycles. The predicted molar refractivity (Wildman–Crippen MR) is 152 cm³/mol. The number of hydrogen-bond donors (Lipinski definition) is 1. The summed E-state index contributed by atoms with van der Waals surface area (Å²) in [7, 11) is 0. The zero-order chi connectivity index (χ0) is 25.0. The van der Waals surface area contributed by atoms with Crippen LogP contribution in [0.1, 0.15) is 194 Å². The van der Waals surface area contributed by atoms with E-state index in [4.69, 9.17) is 0 Å². The van der Waals surface area contributed by atoms with Crippen LogP contribution in [0.5, 0.6) is 0 Å². The van der Waals surface area contributed by atoms with E-state index >= 15 is 0 Å². The van der Waals surface area contributed by atoms with Crippen LogP contribution in [-0.2, 0) is 4.79 Å². The third-order valence-corrected chi connectivity index (χ3v) is 7.52. The van der Waals surface area contributed by atoms with Gasteiger partial charge in [0.25, 0.3) is 0 Å². The van der Waals surface area contributed by atoms with Gasteiger partial charge in [-0.15, -0.1) is 0 Å². The highest BCUT2D eigenvalue weighted by molar-refractivity contribution is 5.78. The third-order valence-electron chi connectivity index (χ3n) is 7.52. The van der Waals surface area contributed by atoms with E-state index in [2.05, 4.69) is 13.8 Å². The zero-order valence-electron chi connectivity index (χ0n) is 23.7. The number of Topliss-reactive ketones (excluding diaryl/α,β-unsaturated/α-hetero) is 1. The molecule has 0 saturated carbocycles. The second kappa shape index (κ2) is 28.9. The first-order valence-corrected chi connectivity index (χ1v) is 15.9. The maximum absolute atomic E-state index is 11.6. The summed E-state index contributed by atoms with van der Waals surface area (Å²) < 4.78 is 0. The lowest BCUT2D eigenvalue weighted by Crippen LogP contribution is -2.03. The summed E-state index contributed by atoms with van der Waals surface area (Å²) in [6, 6.07) is 0. The van der Waals surface area contributed by atoms with Crippen LogP contribution < -0.4 is 0 Å². The van der Waals surface area contributed by atoms with Crippen LogP contribution in [0.4, 0.5) is 0 Å². The molecule has 1 atom stereocenters. The zero-order valence-corrected chi connectivity index (χ0v) is 23.7. The highest BCUT2D eigenvalue weighted by Crippen LogP contribution is 2.16. The van der Waals surface area contributed by atoms with Crippen LogP contribution in [0.2, 0.25) is 0 Å². The van der Waals surface area contributed by atoms with Crippen molar-refractivity contribution in [2.45, 2.75) is 200 Å². The van der Waals surface area contributed by atoms with E-state index in [0.717, 1.165) is 44.9 Å². The van der Waals surface area contributed by atoms with Crippen LogP contribution in [0.15, 0.2) is 0 Å². The lowest BCUT2D eigenvalue weighted by Gasteiger charge is -2.06. The number of aliphatic hydroxyl groups is 1. The fourth-order valence-corrected chi connectivity index (χ4v) is 4.94. The second-order valence-electron chi connectivity index (χ2n) is 11.0. The van der Waals surface area contributed by atoms with Gasteiger partial charge in [0.2, 0.25) is 0 Å². The molecule has 1 N–H and O–H groups in total. The van der Waals surface area contributed by atoms with Crippen molar-refractivity contribution >= 4 is 5.78 Å². The van der Waals surface area contributed by atoms with Crippen molar-refractivity contribution in [3.05, 3.63) is 0 Å². The Morgan fingerprint density at radius 1 is 0.471 bits per heavy atom. The van der Waals surface area contributed by atoms with Crippen molar-refractivity contribution in [1.82, 2.24) is 0 Å². The SMILES string of the molecule is CCCCC(=O)CCCCCCCCCCCCCCCCCCCCCCCC[C@H](O)CC. The van der Waals surface area contributed by atoms with Crippen molar-refractivity contribution < 1.29 is 9.90 Å². The van der Waals surface area contributed by atoms with Gasteiger partial charge in [-0.25, -0.2) is 0 Å². The molecule has 0 unspecified atom stereocenters.